The minimum Gasteiger partial charge on any atom is -0.312 e. The molecule has 23 heavy (non-hydrogen) atoms. The van der Waals surface area contributed by atoms with Crippen molar-refractivity contribution in [3.05, 3.63) is 71.5 Å². The van der Waals surface area contributed by atoms with Crippen molar-refractivity contribution in [2.75, 3.05) is 13.1 Å². The summed E-state index contributed by atoms with van der Waals surface area (Å²) < 4.78 is 13.6. The molecular weight excluding hydrogens is 287 g/mol. The number of hydrogen-bond donors (Lipinski definition) is 1. The van der Waals surface area contributed by atoms with Crippen molar-refractivity contribution in [1.82, 2.24) is 10.2 Å². The maximum atomic E-state index is 13.6. The third kappa shape index (κ3) is 4.40. The number of nitrogens with zero attached hydrogens (tertiary/aromatic N) is 1. The van der Waals surface area contributed by atoms with Crippen molar-refractivity contribution in [1.29, 1.82) is 0 Å². The molecule has 1 heterocycles. The van der Waals surface area contributed by atoms with E-state index in [-0.39, 0.29) is 5.82 Å². The number of hydrogen-bond acceptors (Lipinski definition) is 2. The molecule has 122 valence electrons. The van der Waals surface area contributed by atoms with Crippen LogP contribution in [0.4, 0.5) is 4.39 Å². The van der Waals surface area contributed by atoms with Crippen molar-refractivity contribution in [2.45, 2.75) is 38.4 Å². The Morgan fingerprint density at radius 1 is 1.09 bits per heavy atom. The van der Waals surface area contributed by atoms with Crippen LogP contribution in [0, 0.1) is 5.82 Å². The maximum Gasteiger partial charge on any atom is 0.126 e. The lowest BCUT2D eigenvalue weighted by molar-refractivity contribution is 0.257. The van der Waals surface area contributed by atoms with Gasteiger partial charge in [0.1, 0.15) is 5.82 Å². The van der Waals surface area contributed by atoms with Gasteiger partial charge in [0.05, 0.1) is 0 Å². The Morgan fingerprint density at radius 3 is 2.61 bits per heavy atom. The smallest absolute Gasteiger partial charge is 0.126 e. The van der Waals surface area contributed by atoms with Crippen molar-refractivity contribution >= 4 is 0 Å². The number of halogens is 1. The predicted molar refractivity (Wildman–Crippen MR) is 92.8 cm³/mol. The second-order valence-corrected chi connectivity index (χ2v) is 6.49. The second-order valence-electron chi connectivity index (χ2n) is 6.49. The molecule has 0 amide bonds. The molecule has 0 spiro atoms. The van der Waals surface area contributed by atoms with Crippen molar-refractivity contribution in [2.24, 2.45) is 0 Å². The van der Waals surface area contributed by atoms with Crippen LogP contribution in [0.5, 0.6) is 0 Å². The summed E-state index contributed by atoms with van der Waals surface area (Å²) in [4.78, 5) is 2.52. The summed E-state index contributed by atoms with van der Waals surface area (Å²) in [5, 5.41) is 3.60. The highest BCUT2D eigenvalue weighted by Crippen LogP contribution is 2.20. The highest BCUT2D eigenvalue weighted by Gasteiger charge is 2.28. The van der Waals surface area contributed by atoms with Gasteiger partial charge in [-0.05, 0) is 43.5 Å². The Bertz CT molecular complexity index is 614. The molecule has 0 radical (unpaired) electrons. The van der Waals surface area contributed by atoms with Gasteiger partial charge >= 0.3 is 0 Å². The molecular formula is C20H25FN2. The Labute approximate surface area is 138 Å². The first kappa shape index (κ1) is 16.2. The molecule has 1 N–H and O–H groups in total. The summed E-state index contributed by atoms with van der Waals surface area (Å²) in [6.45, 7) is 5.19. The molecule has 2 aromatic carbocycles. The minimum atomic E-state index is -0.0974. The van der Waals surface area contributed by atoms with E-state index in [2.05, 4.69) is 47.5 Å². The zero-order valence-electron chi connectivity index (χ0n) is 13.7. The van der Waals surface area contributed by atoms with Crippen LogP contribution in [0.15, 0.2) is 54.6 Å². The fraction of sp³-hybridized carbons (Fsp3) is 0.400. The third-order valence-electron chi connectivity index (χ3n) is 4.72. The summed E-state index contributed by atoms with van der Waals surface area (Å²) in [6.07, 6.45) is 1.90. The first-order chi connectivity index (χ1) is 11.2. The van der Waals surface area contributed by atoms with E-state index in [1.165, 1.54) is 11.6 Å². The van der Waals surface area contributed by atoms with E-state index in [1.807, 2.05) is 12.1 Å². The average molecular weight is 312 g/mol. The van der Waals surface area contributed by atoms with Crippen molar-refractivity contribution in [3.63, 3.8) is 0 Å². The SMILES string of the molecule is C[C@@H]1C[C@@H](NCCc2ccccc2F)CN1Cc1ccccc1. The maximum absolute atomic E-state index is 13.6. The zero-order valence-corrected chi connectivity index (χ0v) is 13.7. The van der Waals surface area contributed by atoms with Gasteiger partial charge in [-0.1, -0.05) is 48.5 Å². The number of rotatable bonds is 6. The molecule has 2 nitrogen and oxygen atoms in total. The molecule has 0 bridgehead atoms. The van der Waals surface area contributed by atoms with Crippen LogP contribution in [-0.4, -0.2) is 30.1 Å². The van der Waals surface area contributed by atoms with Crippen LogP contribution in [0.25, 0.3) is 0 Å². The molecule has 2 aromatic rings. The molecule has 3 rings (SSSR count). The van der Waals surface area contributed by atoms with E-state index in [0.29, 0.717) is 12.1 Å². The van der Waals surface area contributed by atoms with Crippen LogP contribution in [0.3, 0.4) is 0 Å². The molecule has 0 unspecified atom stereocenters. The van der Waals surface area contributed by atoms with Gasteiger partial charge in [-0.25, -0.2) is 4.39 Å². The van der Waals surface area contributed by atoms with Gasteiger partial charge in [0.2, 0.25) is 0 Å². The minimum absolute atomic E-state index is 0.0974. The van der Waals surface area contributed by atoms with Crippen LogP contribution < -0.4 is 5.32 Å². The van der Waals surface area contributed by atoms with Crippen LogP contribution in [-0.2, 0) is 13.0 Å². The van der Waals surface area contributed by atoms with Crippen LogP contribution in [0.1, 0.15) is 24.5 Å². The van der Waals surface area contributed by atoms with E-state index < -0.39 is 0 Å². The van der Waals surface area contributed by atoms with Crippen LogP contribution in [0.2, 0.25) is 0 Å². The lowest BCUT2D eigenvalue weighted by Crippen LogP contribution is -2.34. The first-order valence-corrected chi connectivity index (χ1v) is 8.47. The summed E-state index contributed by atoms with van der Waals surface area (Å²) in [6, 6.07) is 18.8. The third-order valence-corrected chi connectivity index (χ3v) is 4.72. The Morgan fingerprint density at radius 2 is 1.83 bits per heavy atom. The van der Waals surface area contributed by atoms with Gasteiger partial charge < -0.3 is 5.32 Å². The highest BCUT2D eigenvalue weighted by molar-refractivity contribution is 5.17. The molecule has 1 aliphatic heterocycles. The molecule has 1 fully saturated rings. The molecule has 1 aliphatic rings. The van der Waals surface area contributed by atoms with Gasteiger partial charge in [0.15, 0.2) is 0 Å². The number of nitrogens with one attached hydrogen (secondary N) is 1. The number of benzene rings is 2. The quantitative estimate of drug-likeness (QED) is 0.876. The van der Waals surface area contributed by atoms with E-state index >= 15 is 0 Å². The van der Waals surface area contributed by atoms with Gasteiger partial charge in [0.25, 0.3) is 0 Å². The lowest BCUT2D eigenvalue weighted by Gasteiger charge is -2.21. The van der Waals surface area contributed by atoms with Crippen LogP contribution >= 0.6 is 0 Å². The van der Waals surface area contributed by atoms with E-state index in [0.717, 1.165) is 38.0 Å². The molecule has 1 saturated heterocycles. The highest BCUT2D eigenvalue weighted by atomic mass is 19.1. The lowest BCUT2D eigenvalue weighted by atomic mass is 10.1. The molecule has 3 heteroatoms. The second kappa shape index (κ2) is 7.71. The largest absolute Gasteiger partial charge is 0.312 e. The van der Waals surface area contributed by atoms with Gasteiger partial charge in [-0.3, -0.25) is 4.90 Å². The fourth-order valence-corrected chi connectivity index (χ4v) is 3.40. The van der Waals surface area contributed by atoms with E-state index in [4.69, 9.17) is 0 Å². The summed E-state index contributed by atoms with van der Waals surface area (Å²) in [7, 11) is 0. The summed E-state index contributed by atoms with van der Waals surface area (Å²) in [5.41, 5.74) is 2.17. The Balaban J connectivity index is 1.46. The van der Waals surface area contributed by atoms with E-state index in [9.17, 15) is 4.39 Å². The first-order valence-electron chi connectivity index (χ1n) is 8.47. The Hall–Kier alpha value is -1.71. The van der Waals surface area contributed by atoms with E-state index in [1.54, 1.807) is 6.07 Å². The normalized spacial score (nSPS) is 21.7. The topological polar surface area (TPSA) is 15.3 Å². The monoisotopic (exact) mass is 312 g/mol. The Kier molecular flexibility index (Phi) is 5.42. The van der Waals surface area contributed by atoms with Crippen molar-refractivity contribution in [3.8, 4) is 0 Å². The van der Waals surface area contributed by atoms with Crippen molar-refractivity contribution < 1.29 is 4.39 Å². The molecule has 0 aromatic heterocycles. The van der Waals surface area contributed by atoms with Gasteiger partial charge in [0, 0.05) is 25.2 Å². The molecule has 0 aliphatic carbocycles. The zero-order chi connectivity index (χ0) is 16.1. The molecule has 0 saturated carbocycles. The van der Waals surface area contributed by atoms with Gasteiger partial charge in [-0.2, -0.15) is 0 Å². The number of likely N-dealkylation sites (tertiary alicyclic amines) is 1. The van der Waals surface area contributed by atoms with Gasteiger partial charge in [-0.15, -0.1) is 0 Å². The summed E-state index contributed by atoms with van der Waals surface area (Å²) >= 11 is 0. The molecule has 2 atom stereocenters. The average Bonchev–Trinajstić information content (AvgIpc) is 2.90. The summed E-state index contributed by atoms with van der Waals surface area (Å²) in [5.74, 6) is -0.0974. The predicted octanol–water partition coefficient (Wildman–Crippen LogP) is 3.62. The standard InChI is InChI=1S/C20H25FN2/c1-16-13-19(15-23(16)14-17-7-3-2-4-8-17)22-12-11-18-9-5-6-10-20(18)21/h2-10,16,19,22H,11-15H2,1H3/t16-,19-/m1/s1. The fourth-order valence-electron chi connectivity index (χ4n) is 3.40.